The van der Waals surface area contributed by atoms with Crippen molar-refractivity contribution < 1.29 is 9.59 Å². The van der Waals surface area contributed by atoms with Gasteiger partial charge in [-0.15, -0.1) is 0 Å². The Hall–Kier alpha value is -4.27. The van der Waals surface area contributed by atoms with Crippen molar-refractivity contribution in [3.8, 4) is 5.69 Å². The highest BCUT2D eigenvalue weighted by Crippen LogP contribution is 2.41. The Kier molecular flexibility index (Phi) is 5.24. The molecule has 0 unspecified atom stereocenters. The van der Waals surface area contributed by atoms with Gasteiger partial charge >= 0.3 is 0 Å². The van der Waals surface area contributed by atoms with E-state index in [2.05, 4.69) is 15.5 Å². The van der Waals surface area contributed by atoms with Crippen LogP contribution in [0.2, 0.25) is 0 Å². The van der Waals surface area contributed by atoms with Crippen molar-refractivity contribution in [3.63, 3.8) is 0 Å². The van der Waals surface area contributed by atoms with E-state index in [0.29, 0.717) is 16.8 Å². The molecule has 0 atom stereocenters. The van der Waals surface area contributed by atoms with Crippen LogP contribution in [0.5, 0.6) is 0 Å². The third-order valence-corrected chi connectivity index (χ3v) is 6.00. The molecular formula is C25H24N6O3. The lowest BCUT2D eigenvalue weighted by Crippen LogP contribution is -2.31. The molecule has 5 rings (SSSR count). The molecule has 9 heteroatoms. The van der Waals surface area contributed by atoms with E-state index in [4.69, 9.17) is 5.73 Å². The first-order chi connectivity index (χ1) is 16.3. The predicted molar refractivity (Wildman–Crippen MR) is 128 cm³/mol. The minimum atomic E-state index is -0.546. The van der Waals surface area contributed by atoms with Crippen molar-refractivity contribution in [3.05, 3.63) is 81.4 Å². The number of carbonyl (C=O) groups excluding carboxylic acids is 2. The van der Waals surface area contributed by atoms with Crippen molar-refractivity contribution in [2.24, 2.45) is 5.73 Å². The minimum Gasteiger partial charge on any atom is -0.366 e. The second-order valence-corrected chi connectivity index (χ2v) is 8.72. The first kappa shape index (κ1) is 21.6. The molecule has 1 saturated carbocycles. The average molecular weight is 457 g/mol. The summed E-state index contributed by atoms with van der Waals surface area (Å²) >= 11 is 0. The number of carbonyl (C=O) groups is 2. The van der Waals surface area contributed by atoms with Crippen LogP contribution < -0.4 is 16.6 Å². The van der Waals surface area contributed by atoms with Crippen LogP contribution in [0.4, 0.5) is 5.69 Å². The zero-order valence-electron chi connectivity index (χ0n) is 18.9. The molecule has 2 aromatic heterocycles. The van der Waals surface area contributed by atoms with Crippen LogP contribution in [0, 0.1) is 13.8 Å². The summed E-state index contributed by atoms with van der Waals surface area (Å²) in [6, 6.07) is 12.2. The van der Waals surface area contributed by atoms with Crippen LogP contribution in [-0.4, -0.2) is 31.4 Å². The summed E-state index contributed by atoms with van der Waals surface area (Å²) in [6.45, 7) is 3.75. The van der Waals surface area contributed by atoms with Crippen molar-refractivity contribution >= 4 is 28.4 Å². The van der Waals surface area contributed by atoms with Crippen LogP contribution >= 0.6 is 0 Å². The summed E-state index contributed by atoms with van der Waals surface area (Å²) in [7, 11) is 0. The standard InChI is InChI=1S/C25H24N6O3/c1-14-3-10-20(15(2)11-14)31-23-19(12-27-31)22(16-4-5-16)29-30(25(23)34)13-21(32)28-18-8-6-17(7-9-18)24(26)33/h3,6-12,16H,4-5,13H2,1-2H3,(H2,26,33)(H,28,32). The Morgan fingerprint density at radius 1 is 1.12 bits per heavy atom. The van der Waals surface area contributed by atoms with Crippen molar-refractivity contribution in [2.45, 2.75) is 39.2 Å². The molecule has 0 aliphatic heterocycles. The number of fused-ring (bicyclic) bond motifs is 1. The number of aromatic nitrogens is 4. The van der Waals surface area contributed by atoms with E-state index in [-0.39, 0.29) is 18.0 Å². The molecule has 4 aromatic rings. The maximum absolute atomic E-state index is 13.5. The monoisotopic (exact) mass is 456 g/mol. The van der Waals surface area contributed by atoms with Crippen molar-refractivity contribution in [2.75, 3.05) is 5.32 Å². The second kappa shape index (κ2) is 8.26. The molecule has 0 bridgehead atoms. The van der Waals surface area contributed by atoms with Crippen LogP contribution in [0.1, 0.15) is 45.9 Å². The molecule has 172 valence electrons. The first-order valence-corrected chi connectivity index (χ1v) is 11.1. The third kappa shape index (κ3) is 3.96. The zero-order chi connectivity index (χ0) is 24.0. The Bertz CT molecular complexity index is 1500. The number of nitrogens with zero attached hydrogens (tertiary/aromatic N) is 4. The van der Waals surface area contributed by atoms with Gasteiger partial charge in [-0.05, 0) is 62.6 Å². The Morgan fingerprint density at radius 3 is 2.50 bits per heavy atom. The summed E-state index contributed by atoms with van der Waals surface area (Å²) < 4.78 is 2.86. The molecule has 1 aliphatic carbocycles. The molecule has 1 aliphatic rings. The van der Waals surface area contributed by atoms with Gasteiger partial charge in [-0.1, -0.05) is 17.7 Å². The Morgan fingerprint density at radius 2 is 1.85 bits per heavy atom. The number of aryl methyl sites for hydroxylation is 2. The second-order valence-electron chi connectivity index (χ2n) is 8.72. The number of hydrogen-bond donors (Lipinski definition) is 2. The Labute approximate surface area is 195 Å². The van der Waals surface area contributed by atoms with Gasteiger partial charge in [-0.3, -0.25) is 14.4 Å². The largest absolute Gasteiger partial charge is 0.366 e. The molecule has 2 heterocycles. The van der Waals surface area contributed by atoms with Crippen molar-refractivity contribution in [1.82, 2.24) is 19.6 Å². The fourth-order valence-corrected chi connectivity index (χ4v) is 4.14. The average Bonchev–Trinajstić information content (AvgIpc) is 3.54. The van der Waals surface area contributed by atoms with Crippen molar-refractivity contribution in [1.29, 1.82) is 0 Å². The molecule has 1 fully saturated rings. The summed E-state index contributed by atoms with van der Waals surface area (Å²) in [5, 5.41) is 12.5. The molecule has 9 nitrogen and oxygen atoms in total. The molecule has 2 amide bonds. The number of hydrogen-bond acceptors (Lipinski definition) is 5. The number of nitrogens with one attached hydrogen (secondary N) is 1. The molecule has 3 N–H and O–H groups in total. The zero-order valence-corrected chi connectivity index (χ0v) is 18.9. The lowest BCUT2D eigenvalue weighted by atomic mass is 10.1. The third-order valence-electron chi connectivity index (χ3n) is 6.00. The van der Waals surface area contributed by atoms with Gasteiger partial charge in [0.15, 0.2) is 0 Å². The lowest BCUT2D eigenvalue weighted by molar-refractivity contribution is -0.117. The maximum Gasteiger partial charge on any atom is 0.293 e. The number of anilines is 1. The maximum atomic E-state index is 13.5. The van der Waals surface area contributed by atoms with E-state index in [1.807, 2.05) is 32.0 Å². The van der Waals surface area contributed by atoms with Gasteiger partial charge in [0, 0.05) is 22.6 Å². The smallest absolute Gasteiger partial charge is 0.293 e. The van der Waals surface area contributed by atoms with Crippen LogP contribution in [0.15, 0.2) is 53.5 Å². The summed E-state index contributed by atoms with van der Waals surface area (Å²) in [5.41, 5.74) is 9.86. The van der Waals surface area contributed by atoms with E-state index < -0.39 is 11.8 Å². The van der Waals surface area contributed by atoms with Gasteiger partial charge in [-0.2, -0.15) is 10.2 Å². The number of benzene rings is 2. The van der Waals surface area contributed by atoms with Gasteiger partial charge in [-0.25, -0.2) is 9.36 Å². The van der Waals surface area contributed by atoms with E-state index in [1.165, 1.54) is 16.8 Å². The van der Waals surface area contributed by atoms with E-state index in [9.17, 15) is 14.4 Å². The van der Waals surface area contributed by atoms with Gasteiger partial charge < -0.3 is 11.1 Å². The summed E-state index contributed by atoms with van der Waals surface area (Å²) in [6.07, 6.45) is 3.68. The lowest BCUT2D eigenvalue weighted by Gasteiger charge is -2.12. The van der Waals surface area contributed by atoms with E-state index in [0.717, 1.165) is 40.7 Å². The fraction of sp³-hybridized carbons (Fsp3) is 0.240. The summed E-state index contributed by atoms with van der Waals surface area (Å²) in [5.74, 6) is -0.689. The van der Waals surface area contributed by atoms with E-state index >= 15 is 0 Å². The number of rotatable bonds is 6. The molecular weight excluding hydrogens is 432 g/mol. The van der Waals surface area contributed by atoms with Gasteiger partial charge in [0.05, 0.1) is 17.6 Å². The molecule has 0 saturated heterocycles. The molecule has 2 aromatic carbocycles. The van der Waals surface area contributed by atoms with Gasteiger partial charge in [0.1, 0.15) is 12.1 Å². The van der Waals surface area contributed by atoms with Crippen LogP contribution in [-0.2, 0) is 11.3 Å². The topological polar surface area (TPSA) is 125 Å². The number of nitrogens with two attached hydrogens (primary N) is 1. The highest BCUT2D eigenvalue weighted by molar-refractivity contribution is 5.94. The quantitative estimate of drug-likeness (QED) is 0.462. The van der Waals surface area contributed by atoms with E-state index in [1.54, 1.807) is 23.0 Å². The summed E-state index contributed by atoms with van der Waals surface area (Å²) in [4.78, 5) is 37.5. The van der Waals surface area contributed by atoms with Crippen LogP contribution in [0.25, 0.3) is 16.6 Å². The highest BCUT2D eigenvalue weighted by Gasteiger charge is 2.30. The minimum absolute atomic E-state index is 0.246. The highest BCUT2D eigenvalue weighted by atomic mass is 16.2. The normalized spacial score (nSPS) is 13.2. The number of amides is 2. The number of primary amides is 1. The SMILES string of the molecule is Cc1ccc(-n2ncc3c(C4CC4)nn(CC(=O)Nc4ccc(C(N)=O)cc4)c(=O)c32)c(C)c1. The van der Waals surface area contributed by atoms with Gasteiger partial charge in [0.25, 0.3) is 5.56 Å². The van der Waals surface area contributed by atoms with Gasteiger partial charge in [0.2, 0.25) is 11.8 Å². The Balaban J connectivity index is 1.52. The molecule has 0 spiro atoms. The molecule has 0 radical (unpaired) electrons. The first-order valence-electron chi connectivity index (χ1n) is 11.1. The molecule has 34 heavy (non-hydrogen) atoms. The fourth-order valence-electron chi connectivity index (χ4n) is 4.14. The van der Waals surface area contributed by atoms with Crippen LogP contribution in [0.3, 0.4) is 0 Å². The predicted octanol–water partition coefficient (Wildman–Crippen LogP) is 2.81.